The highest BCUT2D eigenvalue weighted by atomic mass is 35.5. The molecule has 1 N–H and O–H groups in total. The summed E-state index contributed by atoms with van der Waals surface area (Å²) in [6.07, 6.45) is -4.54. The van der Waals surface area contributed by atoms with Crippen molar-refractivity contribution >= 4 is 29.3 Å². The second kappa shape index (κ2) is 4.06. The Bertz CT molecular complexity index is 149. The summed E-state index contributed by atoms with van der Waals surface area (Å²) >= 11 is 4.91. The van der Waals surface area contributed by atoms with Crippen molar-refractivity contribution in [3.8, 4) is 0 Å². The van der Waals surface area contributed by atoms with E-state index >= 15 is 0 Å². The van der Waals surface area contributed by atoms with Crippen LogP contribution in [0.4, 0.5) is 13.2 Å². The van der Waals surface area contributed by atoms with Crippen LogP contribution >= 0.6 is 23.4 Å². The van der Waals surface area contributed by atoms with E-state index in [9.17, 15) is 18.0 Å². The normalized spacial score (nSPS) is 14.5. The summed E-state index contributed by atoms with van der Waals surface area (Å²) in [5.74, 6) is -1.96. The Kier molecular flexibility index (Phi) is 4.02. The van der Waals surface area contributed by atoms with Gasteiger partial charge in [-0.25, -0.2) is 0 Å². The fraction of sp³-hybridized carbons (Fsp3) is 0.750. The molecule has 0 aliphatic rings. The number of rotatable bonds is 3. The number of hydrogen-bond acceptors (Lipinski definition) is 2. The van der Waals surface area contributed by atoms with Crippen LogP contribution in [0.2, 0.25) is 0 Å². The minimum Gasteiger partial charge on any atom is -0.481 e. The van der Waals surface area contributed by atoms with E-state index in [1.54, 1.807) is 0 Å². The lowest BCUT2D eigenvalue weighted by Gasteiger charge is -2.10. The Hall–Kier alpha value is -0.100. The van der Waals surface area contributed by atoms with Crippen LogP contribution in [-0.2, 0) is 4.79 Å². The molecule has 7 heteroatoms. The zero-order chi connectivity index (χ0) is 9.07. The molecule has 0 aromatic heterocycles. The lowest BCUT2D eigenvalue weighted by Crippen LogP contribution is -2.21. The zero-order valence-corrected chi connectivity index (χ0v) is 6.63. The van der Waals surface area contributed by atoms with Crippen molar-refractivity contribution in [3.05, 3.63) is 0 Å². The number of thioether (sulfide) groups is 1. The second-order valence-electron chi connectivity index (χ2n) is 1.56. The van der Waals surface area contributed by atoms with Crippen LogP contribution in [0.3, 0.4) is 0 Å². The number of carboxylic acids is 1. The smallest absolute Gasteiger partial charge is 0.414 e. The highest BCUT2D eigenvalue weighted by molar-refractivity contribution is 8.01. The fourth-order valence-electron chi connectivity index (χ4n) is 0.239. The van der Waals surface area contributed by atoms with Gasteiger partial charge in [0.2, 0.25) is 0 Å². The van der Waals surface area contributed by atoms with Crippen molar-refractivity contribution in [3.63, 3.8) is 0 Å². The lowest BCUT2D eigenvalue weighted by atomic mass is 10.8. The minimum absolute atomic E-state index is 0.132. The van der Waals surface area contributed by atoms with Gasteiger partial charge in [-0.15, -0.1) is 23.4 Å². The molecule has 0 spiro atoms. The lowest BCUT2D eigenvalue weighted by molar-refractivity contribution is -0.133. The monoisotopic (exact) mass is 208 g/mol. The van der Waals surface area contributed by atoms with Gasteiger partial charge in [-0.1, -0.05) is 0 Å². The fourth-order valence-corrected chi connectivity index (χ4v) is 0.906. The predicted molar refractivity (Wildman–Crippen MR) is 35.8 cm³/mol. The Morgan fingerprint density at radius 1 is 1.64 bits per heavy atom. The van der Waals surface area contributed by atoms with E-state index in [1.807, 2.05) is 0 Å². The van der Waals surface area contributed by atoms with Gasteiger partial charge in [0.05, 0.1) is 5.75 Å². The van der Waals surface area contributed by atoms with Crippen molar-refractivity contribution in [2.45, 2.75) is 10.9 Å². The first-order valence-electron chi connectivity index (χ1n) is 2.38. The van der Waals surface area contributed by atoms with Crippen LogP contribution in [-0.4, -0.2) is 27.7 Å². The first-order valence-corrected chi connectivity index (χ1v) is 3.86. The highest BCUT2D eigenvalue weighted by Crippen LogP contribution is 2.32. The summed E-state index contributed by atoms with van der Waals surface area (Å²) in [6, 6.07) is 0. The van der Waals surface area contributed by atoms with Crippen molar-refractivity contribution < 1.29 is 23.1 Å². The standard InChI is InChI=1S/C4H4ClF3O2S/c5-3(4(6,7)8)11-1-2(9)10/h3H,1H2,(H,9,10)/t3-/m0/s1. The maximum Gasteiger partial charge on any atom is 0.414 e. The number of halogens is 4. The second-order valence-corrected chi connectivity index (χ2v) is 3.35. The third-order valence-corrected chi connectivity index (χ3v) is 2.21. The maximum absolute atomic E-state index is 11.6. The van der Waals surface area contributed by atoms with E-state index in [2.05, 4.69) is 0 Å². The molecule has 0 rings (SSSR count). The first kappa shape index (κ1) is 10.9. The molecule has 0 bridgehead atoms. The third-order valence-electron chi connectivity index (χ3n) is 0.610. The van der Waals surface area contributed by atoms with E-state index in [0.29, 0.717) is 0 Å². The topological polar surface area (TPSA) is 37.3 Å². The first-order chi connectivity index (χ1) is 4.84. The molecule has 1 atom stereocenters. The van der Waals surface area contributed by atoms with E-state index in [-0.39, 0.29) is 11.8 Å². The summed E-state index contributed by atoms with van der Waals surface area (Å²) in [7, 11) is 0. The molecule has 66 valence electrons. The van der Waals surface area contributed by atoms with Crippen molar-refractivity contribution in [2.75, 3.05) is 5.75 Å². The van der Waals surface area contributed by atoms with Crippen molar-refractivity contribution in [1.82, 2.24) is 0 Å². The molecular formula is C4H4ClF3O2S. The molecule has 0 amide bonds. The average Bonchev–Trinajstić information content (AvgIpc) is 1.80. The van der Waals surface area contributed by atoms with E-state index < -0.39 is 22.6 Å². The molecule has 0 aliphatic carbocycles. The van der Waals surface area contributed by atoms with Crippen LogP contribution in [0, 0.1) is 0 Å². The molecular weight excluding hydrogens is 205 g/mol. The zero-order valence-electron chi connectivity index (χ0n) is 5.06. The molecule has 0 aliphatic heterocycles. The van der Waals surface area contributed by atoms with Gasteiger partial charge in [0.1, 0.15) is 0 Å². The van der Waals surface area contributed by atoms with Gasteiger partial charge in [-0.05, 0) is 0 Å². The van der Waals surface area contributed by atoms with Gasteiger partial charge in [-0.2, -0.15) is 13.2 Å². The van der Waals surface area contributed by atoms with Gasteiger partial charge >= 0.3 is 12.1 Å². The Balaban J connectivity index is 3.70. The molecule has 0 unspecified atom stereocenters. The molecule has 0 radical (unpaired) electrons. The molecule has 0 saturated heterocycles. The summed E-state index contributed by atoms with van der Waals surface area (Å²) in [5, 5.41) is 7.98. The minimum atomic E-state index is -4.54. The molecule has 0 heterocycles. The summed E-state index contributed by atoms with van der Waals surface area (Å²) in [5.41, 5.74) is 0. The SMILES string of the molecule is O=C(O)CS[C@H](Cl)C(F)(F)F. The summed E-state index contributed by atoms with van der Waals surface area (Å²) in [4.78, 5) is 9.78. The van der Waals surface area contributed by atoms with Gasteiger partial charge < -0.3 is 5.11 Å². The molecule has 2 nitrogen and oxygen atoms in total. The Morgan fingerprint density at radius 3 is 2.36 bits per heavy atom. The van der Waals surface area contributed by atoms with Crippen LogP contribution in [0.1, 0.15) is 0 Å². The largest absolute Gasteiger partial charge is 0.481 e. The average molecular weight is 209 g/mol. The predicted octanol–water partition coefficient (Wildman–Crippen LogP) is 1.93. The van der Waals surface area contributed by atoms with Crippen LogP contribution in [0.25, 0.3) is 0 Å². The number of aliphatic carboxylic acids is 1. The van der Waals surface area contributed by atoms with Crippen LogP contribution in [0.5, 0.6) is 0 Å². The van der Waals surface area contributed by atoms with E-state index in [4.69, 9.17) is 16.7 Å². The molecule has 0 fully saturated rings. The van der Waals surface area contributed by atoms with Crippen molar-refractivity contribution in [2.24, 2.45) is 0 Å². The quantitative estimate of drug-likeness (QED) is 0.721. The van der Waals surface area contributed by atoms with E-state index in [0.717, 1.165) is 0 Å². The number of carbonyl (C=O) groups is 1. The maximum atomic E-state index is 11.6. The number of carboxylic acid groups (broad SMARTS) is 1. The van der Waals surface area contributed by atoms with Gasteiger partial charge in [0, 0.05) is 0 Å². The van der Waals surface area contributed by atoms with Crippen molar-refractivity contribution in [1.29, 1.82) is 0 Å². The Morgan fingerprint density at radius 2 is 2.09 bits per heavy atom. The van der Waals surface area contributed by atoms with E-state index in [1.165, 1.54) is 0 Å². The summed E-state index contributed by atoms with van der Waals surface area (Å²) in [6.45, 7) is 0. The Labute approximate surface area is 69.7 Å². The summed E-state index contributed by atoms with van der Waals surface area (Å²) < 4.78 is 32.5. The molecule has 0 aromatic carbocycles. The number of alkyl halides is 4. The molecule has 0 aromatic rings. The van der Waals surface area contributed by atoms with Gasteiger partial charge in [0.15, 0.2) is 4.71 Å². The van der Waals surface area contributed by atoms with Gasteiger partial charge in [0.25, 0.3) is 0 Å². The highest BCUT2D eigenvalue weighted by Gasteiger charge is 2.38. The third kappa shape index (κ3) is 5.20. The van der Waals surface area contributed by atoms with Crippen LogP contribution < -0.4 is 0 Å². The molecule has 11 heavy (non-hydrogen) atoms. The van der Waals surface area contributed by atoms with Gasteiger partial charge in [-0.3, -0.25) is 4.79 Å². The number of hydrogen-bond donors (Lipinski definition) is 1. The molecule has 0 saturated carbocycles. The van der Waals surface area contributed by atoms with Crippen LogP contribution in [0.15, 0.2) is 0 Å².